The molecule has 3 heteroatoms. The van der Waals surface area contributed by atoms with Gasteiger partial charge in [0.2, 0.25) is 0 Å². The van der Waals surface area contributed by atoms with Gasteiger partial charge in [0.05, 0.1) is 5.69 Å². The van der Waals surface area contributed by atoms with Gasteiger partial charge >= 0.3 is 0 Å². The van der Waals surface area contributed by atoms with Gasteiger partial charge in [-0.3, -0.25) is 0 Å². The van der Waals surface area contributed by atoms with Gasteiger partial charge in [-0.05, 0) is 17.3 Å². The molecular formula is C16H16N2S. The van der Waals surface area contributed by atoms with Gasteiger partial charge in [-0.15, -0.1) is 11.3 Å². The SMILES string of the molecule is CCNCc1nc(-c2cccc3ccccc23)cs1. The van der Waals surface area contributed by atoms with Gasteiger partial charge in [-0.25, -0.2) is 4.98 Å². The van der Waals surface area contributed by atoms with E-state index >= 15 is 0 Å². The van der Waals surface area contributed by atoms with E-state index in [1.54, 1.807) is 11.3 Å². The molecule has 0 radical (unpaired) electrons. The third-order valence-electron chi connectivity index (χ3n) is 3.14. The number of nitrogens with zero attached hydrogens (tertiary/aromatic N) is 1. The summed E-state index contributed by atoms with van der Waals surface area (Å²) in [7, 11) is 0. The lowest BCUT2D eigenvalue weighted by atomic mass is 10.0. The maximum Gasteiger partial charge on any atom is 0.107 e. The Labute approximate surface area is 117 Å². The molecule has 0 amide bonds. The predicted molar refractivity (Wildman–Crippen MR) is 82.4 cm³/mol. The molecule has 0 bridgehead atoms. The lowest BCUT2D eigenvalue weighted by Crippen LogP contribution is -2.11. The van der Waals surface area contributed by atoms with Crippen molar-refractivity contribution in [1.82, 2.24) is 10.3 Å². The van der Waals surface area contributed by atoms with Gasteiger partial charge in [-0.1, -0.05) is 49.4 Å². The smallest absolute Gasteiger partial charge is 0.107 e. The third-order valence-corrected chi connectivity index (χ3v) is 3.99. The van der Waals surface area contributed by atoms with E-state index in [9.17, 15) is 0 Å². The molecule has 0 unspecified atom stereocenters. The molecule has 1 N–H and O–H groups in total. The number of hydrogen-bond donors (Lipinski definition) is 1. The van der Waals surface area contributed by atoms with E-state index in [1.807, 2.05) is 0 Å². The van der Waals surface area contributed by atoms with Crippen LogP contribution >= 0.6 is 11.3 Å². The minimum absolute atomic E-state index is 0.853. The Morgan fingerprint density at radius 1 is 1.11 bits per heavy atom. The summed E-state index contributed by atoms with van der Waals surface area (Å²) in [6.07, 6.45) is 0. The molecule has 0 fully saturated rings. The van der Waals surface area contributed by atoms with Crippen LogP contribution in [0.1, 0.15) is 11.9 Å². The molecule has 0 aliphatic rings. The fourth-order valence-corrected chi connectivity index (χ4v) is 2.96. The highest BCUT2D eigenvalue weighted by atomic mass is 32.1. The lowest BCUT2D eigenvalue weighted by Gasteiger charge is -2.03. The molecule has 0 saturated carbocycles. The quantitative estimate of drug-likeness (QED) is 0.771. The number of aromatic nitrogens is 1. The standard InChI is InChI=1S/C16H16N2S/c1-2-17-10-16-18-15(11-19-16)14-9-5-7-12-6-3-4-8-13(12)14/h3-9,11,17H,2,10H2,1H3. The summed E-state index contributed by atoms with van der Waals surface area (Å²) in [5, 5.41) is 9.14. The molecule has 0 spiro atoms. The van der Waals surface area contributed by atoms with E-state index in [0.717, 1.165) is 23.8 Å². The van der Waals surface area contributed by atoms with Gasteiger partial charge in [0.15, 0.2) is 0 Å². The topological polar surface area (TPSA) is 24.9 Å². The normalized spacial score (nSPS) is 11.0. The van der Waals surface area contributed by atoms with Crippen LogP contribution in [0.5, 0.6) is 0 Å². The lowest BCUT2D eigenvalue weighted by molar-refractivity contribution is 0.723. The predicted octanol–water partition coefficient (Wildman–Crippen LogP) is 4.07. The Kier molecular flexibility index (Phi) is 3.58. The first-order valence-electron chi connectivity index (χ1n) is 6.51. The molecule has 0 aliphatic carbocycles. The summed E-state index contributed by atoms with van der Waals surface area (Å²) in [5.41, 5.74) is 2.30. The largest absolute Gasteiger partial charge is 0.311 e. The van der Waals surface area contributed by atoms with Crippen molar-refractivity contribution in [3.05, 3.63) is 52.9 Å². The summed E-state index contributed by atoms with van der Waals surface area (Å²) < 4.78 is 0. The summed E-state index contributed by atoms with van der Waals surface area (Å²) in [6, 6.07) is 14.8. The molecule has 0 atom stereocenters. The van der Waals surface area contributed by atoms with Gasteiger partial charge < -0.3 is 5.32 Å². The summed E-state index contributed by atoms with van der Waals surface area (Å²) >= 11 is 1.72. The van der Waals surface area contributed by atoms with Crippen LogP contribution in [0.3, 0.4) is 0 Å². The Morgan fingerprint density at radius 2 is 1.95 bits per heavy atom. The fourth-order valence-electron chi connectivity index (χ4n) is 2.20. The number of benzene rings is 2. The van der Waals surface area contributed by atoms with Crippen LogP contribution in [0, 0.1) is 0 Å². The van der Waals surface area contributed by atoms with Gasteiger partial charge in [0.25, 0.3) is 0 Å². The van der Waals surface area contributed by atoms with E-state index in [1.165, 1.54) is 16.3 Å². The number of fused-ring (bicyclic) bond motifs is 1. The van der Waals surface area contributed by atoms with Crippen molar-refractivity contribution in [2.24, 2.45) is 0 Å². The summed E-state index contributed by atoms with van der Waals surface area (Å²) in [5.74, 6) is 0. The van der Waals surface area contributed by atoms with E-state index in [4.69, 9.17) is 4.98 Å². The summed E-state index contributed by atoms with van der Waals surface area (Å²) in [4.78, 5) is 4.72. The van der Waals surface area contributed by atoms with Crippen molar-refractivity contribution in [2.75, 3.05) is 6.54 Å². The fraction of sp³-hybridized carbons (Fsp3) is 0.188. The van der Waals surface area contributed by atoms with Crippen LogP contribution in [0.15, 0.2) is 47.8 Å². The van der Waals surface area contributed by atoms with Crippen LogP contribution in [0.4, 0.5) is 0 Å². The number of hydrogen-bond acceptors (Lipinski definition) is 3. The first kappa shape index (κ1) is 12.3. The Bertz CT molecular complexity index is 683. The molecule has 3 aromatic rings. The molecule has 0 aliphatic heterocycles. The van der Waals surface area contributed by atoms with E-state index in [-0.39, 0.29) is 0 Å². The second-order valence-electron chi connectivity index (χ2n) is 4.43. The van der Waals surface area contributed by atoms with Crippen LogP contribution < -0.4 is 5.32 Å². The highest BCUT2D eigenvalue weighted by Gasteiger charge is 2.07. The summed E-state index contributed by atoms with van der Waals surface area (Å²) in [6.45, 7) is 3.94. The third kappa shape index (κ3) is 2.53. The average Bonchev–Trinajstić information content (AvgIpc) is 2.93. The second-order valence-corrected chi connectivity index (χ2v) is 5.38. The number of nitrogens with one attached hydrogen (secondary N) is 1. The minimum atomic E-state index is 0.853. The number of rotatable bonds is 4. The maximum atomic E-state index is 4.72. The molecular weight excluding hydrogens is 252 g/mol. The number of thiazole rings is 1. The first-order chi connectivity index (χ1) is 9.38. The molecule has 19 heavy (non-hydrogen) atoms. The van der Waals surface area contributed by atoms with Crippen molar-refractivity contribution in [1.29, 1.82) is 0 Å². The highest BCUT2D eigenvalue weighted by Crippen LogP contribution is 2.29. The molecule has 2 nitrogen and oxygen atoms in total. The molecule has 96 valence electrons. The van der Waals surface area contributed by atoms with Gasteiger partial charge in [0, 0.05) is 17.5 Å². The molecule has 3 rings (SSSR count). The van der Waals surface area contributed by atoms with Crippen molar-refractivity contribution >= 4 is 22.1 Å². The van der Waals surface area contributed by atoms with E-state index in [2.05, 4.69) is 60.1 Å². The Morgan fingerprint density at radius 3 is 2.84 bits per heavy atom. The van der Waals surface area contributed by atoms with E-state index < -0.39 is 0 Å². The zero-order valence-corrected chi connectivity index (χ0v) is 11.7. The van der Waals surface area contributed by atoms with Crippen LogP contribution in [0.2, 0.25) is 0 Å². The monoisotopic (exact) mass is 268 g/mol. The van der Waals surface area contributed by atoms with Crippen molar-refractivity contribution in [3.8, 4) is 11.3 Å². The Balaban J connectivity index is 2.02. The second kappa shape index (κ2) is 5.51. The maximum absolute atomic E-state index is 4.72. The van der Waals surface area contributed by atoms with Crippen molar-refractivity contribution in [3.63, 3.8) is 0 Å². The zero-order valence-electron chi connectivity index (χ0n) is 10.9. The molecule has 0 saturated heterocycles. The Hall–Kier alpha value is -1.71. The van der Waals surface area contributed by atoms with E-state index in [0.29, 0.717) is 0 Å². The zero-order chi connectivity index (χ0) is 13.1. The minimum Gasteiger partial charge on any atom is -0.311 e. The molecule has 1 aromatic heterocycles. The van der Waals surface area contributed by atoms with Crippen LogP contribution in [0.25, 0.3) is 22.0 Å². The van der Waals surface area contributed by atoms with Crippen molar-refractivity contribution in [2.45, 2.75) is 13.5 Å². The molecule has 1 heterocycles. The van der Waals surface area contributed by atoms with Gasteiger partial charge in [-0.2, -0.15) is 0 Å². The average molecular weight is 268 g/mol. The van der Waals surface area contributed by atoms with Crippen LogP contribution in [-0.2, 0) is 6.54 Å². The first-order valence-corrected chi connectivity index (χ1v) is 7.39. The molecule has 2 aromatic carbocycles. The van der Waals surface area contributed by atoms with Crippen molar-refractivity contribution < 1.29 is 0 Å². The van der Waals surface area contributed by atoms with Crippen LogP contribution in [-0.4, -0.2) is 11.5 Å². The highest BCUT2D eigenvalue weighted by molar-refractivity contribution is 7.09. The van der Waals surface area contributed by atoms with Gasteiger partial charge in [0.1, 0.15) is 5.01 Å².